The van der Waals surface area contributed by atoms with Crippen molar-refractivity contribution in [3.8, 4) is 0 Å². The lowest BCUT2D eigenvalue weighted by atomic mass is 10.0. The Morgan fingerprint density at radius 3 is 2.00 bits per heavy atom. The molecule has 3 rings (SSSR count). The molecule has 0 saturated heterocycles. The standard InChI is InChI=1S/C29H34N4O7/c1-17(35)25(28(38)32-24(16-34)29(39)40)33-27(37)23(15-18-7-3-2-4-8-18)31-26(36)22(30)14-19-11-12-20-9-5-6-10-21(20)13-19/h2-13,17,22-25,34-35H,14-16,30H2,1H3,(H,31,36)(H,32,38)(H,33,37)(H,39,40)/t17-,22+,23+,24+,25+/m0/s1. The Hall–Kier alpha value is -4.32. The first-order valence-corrected chi connectivity index (χ1v) is 12.8. The van der Waals surface area contributed by atoms with E-state index in [0.29, 0.717) is 0 Å². The second kappa shape index (κ2) is 14.2. The van der Waals surface area contributed by atoms with E-state index in [1.165, 1.54) is 6.92 Å². The number of hydrogen-bond acceptors (Lipinski definition) is 7. The Balaban J connectivity index is 1.75. The van der Waals surface area contributed by atoms with E-state index in [4.69, 9.17) is 10.8 Å². The van der Waals surface area contributed by atoms with Gasteiger partial charge in [0, 0.05) is 6.42 Å². The number of hydrogen-bond donors (Lipinski definition) is 7. The first-order valence-electron chi connectivity index (χ1n) is 12.8. The number of benzene rings is 3. The number of aliphatic carboxylic acids is 1. The van der Waals surface area contributed by atoms with Crippen molar-refractivity contribution in [3.63, 3.8) is 0 Å². The molecule has 212 valence electrons. The minimum Gasteiger partial charge on any atom is -0.480 e. The number of aliphatic hydroxyl groups is 2. The largest absolute Gasteiger partial charge is 0.480 e. The molecule has 0 aliphatic carbocycles. The lowest BCUT2D eigenvalue weighted by Gasteiger charge is -2.26. The summed E-state index contributed by atoms with van der Waals surface area (Å²) in [7, 11) is 0. The fourth-order valence-electron chi connectivity index (χ4n) is 4.16. The highest BCUT2D eigenvalue weighted by Crippen LogP contribution is 2.16. The van der Waals surface area contributed by atoms with Crippen LogP contribution >= 0.6 is 0 Å². The van der Waals surface area contributed by atoms with Crippen LogP contribution in [0.1, 0.15) is 18.1 Å². The predicted molar refractivity (Wildman–Crippen MR) is 148 cm³/mol. The quantitative estimate of drug-likeness (QED) is 0.153. The third-order valence-corrected chi connectivity index (χ3v) is 6.38. The maximum atomic E-state index is 13.3. The molecule has 0 aromatic heterocycles. The van der Waals surface area contributed by atoms with Crippen LogP contribution in [0.25, 0.3) is 10.8 Å². The van der Waals surface area contributed by atoms with Crippen LogP contribution in [0.2, 0.25) is 0 Å². The maximum Gasteiger partial charge on any atom is 0.328 e. The summed E-state index contributed by atoms with van der Waals surface area (Å²) in [5, 5.41) is 37.6. The fraction of sp³-hybridized carbons (Fsp3) is 0.310. The summed E-state index contributed by atoms with van der Waals surface area (Å²) >= 11 is 0. The molecule has 3 aromatic carbocycles. The summed E-state index contributed by atoms with van der Waals surface area (Å²) in [5.41, 5.74) is 7.76. The summed E-state index contributed by atoms with van der Waals surface area (Å²) in [4.78, 5) is 50.2. The first-order chi connectivity index (χ1) is 19.1. The van der Waals surface area contributed by atoms with E-state index in [1.54, 1.807) is 30.3 Å². The third kappa shape index (κ3) is 8.34. The summed E-state index contributed by atoms with van der Waals surface area (Å²) in [6, 6.07) is 17.1. The number of carbonyl (C=O) groups is 4. The molecule has 0 fully saturated rings. The zero-order valence-electron chi connectivity index (χ0n) is 22.0. The van der Waals surface area contributed by atoms with E-state index >= 15 is 0 Å². The molecule has 0 aliphatic heterocycles. The molecule has 8 N–H and O–H groups in total. The molecule has 0 saturated carbocycles. The molecule has 0 unspecified atom stereocenters. The van der Waals surface area contributed by atoms with E-state index < -0.39 is 60.6 Å². The summed E-state index contributed by atoms with van der Waals surface area (Å²) in [6.45, 7) is 0.354. The molecule has 0 bridgehead atoms. The van der Waals surface area contributed by atoms with Gasteiger partial charge in [-0.2, -0.15) is 0 Å². The van der Waals surface area contributed by atoms with Crippen molar-refractivity contribution in [2.45, 2.75) is 50.0 Å². The maximum absolute atomic E-state index is 13.3. The van der Waals surface area contributed by atoms with E-state index in [-0.39, 0.29) is 12.8 Å². The number of fused-ring (bicyclic) bond motifs is 1. The van der Waals surface area contributed by atoms with Crippen molar-refractivity contribution in [2.24, 2.45) is 5.73 Å². The van der Waals surface area contributed by atoms with Crippen LogP contribution in [0.3, 0.4) is 0 Å². The van der Waals surface area contributed by atoms with Gasteiger partial charge in [-0.3, -0.25) is 14.4 Å². The van der Waals surface area contributed by atoms with E-state index in [0.717, 1.165) is 21.9 Å². The molecule has 40 heavy (non-hydrogen) atoms. The van der Waals surface area contributed by atoms with Gasteiger partial charge in [-0.05, 0) is 35.2 Å². The van der Waals surface area contributed by atoms with Crippen molar-refractivity contribution in [1.29, 1.82) is 0 Å². The molecule has 0 heterocycles. The number of rotatable bonds is 13. The topological polar surface area (TPSA) is 191 Å². The molecule has 0 spiro atoms. The zero-order chi connectivity index (χ0) is 29.2. The predicted octanol–water partition coefficient (Wildman–Crippen LogP) is -0.136. The minimum atomic E-state index is -1.63. The molecule has 11 nitrogen and oxygen atoms in total. The second-order valence-corrected chi connectivity index (χ2v) is 9.55. The highest BCUT2D eigenvalue weighted by atomic mass is 16.4. The molecular weight excluding hydrogens is 516 g/mol. The monoisotopic (exact) mass is 550 g/mol. The number of carbonyl (C=O) groups excluding carboxylic acids is 3. The third-order valence-electron chi connectivity index (χ3n) is 6.38. The van der Waals surface area contributed by atoms with Crippen molar-refractivity contribution >= 4 is 34.5 Å². The van der Waals surface area contributed by atoms with Crippen molar-refractivity contribution in [2.75, 3.05) is 6.61 Å². The second-order valence-electron chi connectivity index (χ2n) is 9.55. The van der Waals surface area contributed by atoms with Crippen molar-refractivity contribution in [3.05, 3.63) is 83.9 Å². The first kappa shape index (κ1) is 30.2. The van der Waals surface area contributed by atoms with E-state index in [9.17, 15) is 29.4 Å². The van der Waals surface area contributed by atoms with Gasteiger partial charge >= 0.3 is 5.97 Å². The van der Waals surface area contributed by atoms with Gasteiger partial charge in [-0.15, -0.1) is 0 Å². The molecular formula is C29H34N4O7. The Bertz CT molecular complexity index is 1330. The van der Waals surface area contributed by atoms with Gasteiger partial charge in [0.15, 0.2) is 0 Å². The van der Waals surface area contributed by atoms with Crippen molar-refractivity contribution < 1.29 is 34.5 Å². The van der Waals surface area contributed by atoms with Crippen LogP contribution in [-0.2, 0) is 32.0 Å². The van der Waals surface area contributed by atoms with Gasteiger partial charge in [-0.25, -0.2) is 4.79 Å². The van der Waals surface area contributed by atoms with Crippen LogP contribution in [-0.4, -0.2) is 75.9 Å². The van der Waals surface area contributed by atoms with Gasteiger partial charge in [0.05, 0.1) is 18.8 Å². The molecule has 0 radical (unpaired) electrons. The SMILES string of the molecule is C[C@H](O)[C@@H](NC(=O)[C@@H](Cc1ccccc1)NC(=O)[C@H](N)Cc1ccc2ccccc2c1)C(=O)N[C@H](CO)C(=O)O. The molecule has 3 amide bonds. The number of carboxylic acid groups (broad SMARTS) is 1. The van der Waals surface area contributed by atoms with E-state index in [2.05, 4.69) is 16.0 Å². The average Bonchev–Trinajstić information content (AvgIpc) is 2.94. The highest BCUT2D eigenvalue weighted by Gasteiger charge is 2.32. The smallest absolute Gasteiger partial charge is 0.328 e. The fourth-order valence-corrected chi connectivity index (χ4v) is 4.16. The Morgan fingerprint density at radius 1 is 0.750 bits per heavy atom. The number of aliphatic hydroxyl groups excluding tert-OH is 2. The van der Waals surface area contributed by atoms with Crippen LogP contribution in [0.15, 0.2) is 72.8 Å². The normalized spacial score (nSPS) is 14.8. The molecule has 0 aliphatic rings. The number of nitrogens with two attached hydrogens (primary N) is 1. The van der Waals surface area contributed by atoms with E-state index in [1.807, 2.05) is 42.5 Å². The van der Waals surface area contributed by atoms with Gasteiger partial charge < -0.3 is 37.0 Å². The number of amides is 3. The highest BCUT2D eigenvalue weighted by molar-refractivity contribution is 5.94. The average molecular weight is 551 g/mol. The van der Waals surface area contributed by atoms with Gasteiger partial charge in [0.2, 0.25) is 17.7 Å². The molecule has 3 aromatic rings. The van der Waals surface area contributed by atoms with Gasteiger partial charge in [0.1, 0.15) is 18.1 Å². The van der Waals surface area contributed by atoms with Crippen LogP contribution < -0.4 is 21.7 Å². The molecule has 5 atom stereocenters. The summed E-state index contributed by atoms with van der Waals surface area (Å²) in [6.07, 6.45) is -1.14. The summed E-state index contributed by atoms with van der Waals surface area (Å²) < 4.78 is 0. The van der Waals surface area contributed by atoms with Crippen LogP contribution in [0, 0.1) is 0 Å². The number of nitrogens with one attached hydrogen (secondary N) is 3. The Morgan fingerprint density at radius 2 is 1.38 bits per heavy atom. The lowest BCUT2D eigenvalue weighted by molar-refractivity contribution is -0.144. The Labute approximate surface area is 231 Å². The van der Waals surface area contributed by atoms with Crippen LogP contribution in [0.5, 0.6) is 0 Å². The zero-order valence-corrected chi connectivity index (χ0v) is 22.0. The lowest BCUT2D eigenvalue weighted by Crippen LogP contribution is -2.60. The van der Waals surface area contributed by atoms with Gasteiger partial charge in [0.25, 0.3) is 0 Å². The van der Waals surface area contributed by atoms with Crippen LogP contribution in [0.4, 0.5) is 0 Å². The molecule has 11 heteroatoms. The van der Waals surface area contributed by atoms with Crippen molar-refractivity contribution in [1.82, 2.24) is 16.0 Å². The minimum absolute atomic E-state index is 0.0592. The van der Waals surface area contributed by atoms with Gasteiger partial charge in [-0.1, -0.05) is 72.8 Å². The Kier molecular flexibility index (Phi) is 10.7. The number of carboxylic acids is 1. The summed E-state index contributed by atoms with van der Waals surface area (Å²) in [5.74, 6) is -3.87.